The Balaban J connectivity index is 1.80. The molecule has 0 saturated carbocycles. The Hall–Kier alpha value is -1.70. The van der Waals surface area contributed by atoms with Crippen LogP contribution in [0.25, 0.3) is 0 Å². The molecule has 6 nitrogen and oxygen atoms in total. The molecule has 3 unspecified atom stereocenters. The molecule has 0 bridgehead atoms. The predicted molar refractivity (Wildman–Crippen MR) is 79.6 cm³/mol. The Morgan fingerprint density at radius 1 is 1.36 bits per heavy atom. The average molecular weight is 323 g/mol. The first-order valence-corrected chi connectivity index (χ1v) is 8.79. The molecule has 0 spiro atoms. The second-order valence-electron chi connectivity index (χ2n) is 5.68. The van der Waals surface area contributed by atoms with Crippen LogP contribution < -0.4 is 0 Å². The molecule has 1 fully saturated rings. The van der Waals surface area contributed by atoms with Crippen LogP contribution in [0.15, 0.2) is 42.0 Å². The van der Waals surface area contributed by atoms with Crippen molar-refractivity contribution in [1.29, 1.82) is 0 Å². The van der Waals surface area contributed by atoms with Crippen molar-refractivity contribution in [2.24, 2.45) is 0 Å². The molecule has 4 atom stereocenters. The van der Waals surface area contributed by atoms with Gasteiger partial charge in [-0.3, -0.25) is 9.08 Å². The molecule has 2 aliphatic rings. The molecule has 0 amide bonds. The molecule has 0 aromatic heterocycles. The maximum absolute atomic E-state index is 11.4. The van der Waals surface area contributed by atoms with Crippen LogP contribution in [0.2, 0.25) is 0 Å². The van der Waals surface area contributed by atoms with Crippen LogP contribution in [0, 0.1) is 0 Å². The van der Waals surface area contributed by atoms with Gasteiger partial charge in [0.25, 0.3) is 10.1 Å². The lowest BCUT2D eigenvalue weighted by Crippen LogP contribution is -2.30. The molecule has 7 heteroatoms. The first-order chi connectivity index (χ1) is 10.3. The number of carboxylic acids is 1. The molecule has 1 saturated heterocycles. The molecule has 1 aliphatic carbocycles. The lowest BCUT2D eigenvalue weighted by molar-refractivity contribution is -0.133. The molecular formula is C15H17NO5S. The number of hydrogen-bond acceptors (Lipinski definition) is 5. The van der Waals surface area contributed by atoms with E-state index in [1.54, 1.807) is 6.08 Å². The summed E-state index contributed by atoms with van der Waals surface area (Å²) in [6, 6.07) is 9.61. The third-order valence-electron chi connectivity index (χ3n) is 3.98. The average Bonchev–Trinajstić information content (AvgIpc) is 3.11. The number of aliphatic carboxylic acids is 1. The zero-order valence-corrected chi connectivity index (χ0v) is 12.9. The van der Waals surface area contributed by atoms with E-state index in [9.17, 15) is 18.3 Å². The predicted octanol–water partition coefficient (Wildman–Crippen LogP) is 0.999. The van der Waals surface area contributed by atoms with Gasteiger partial charge in [0.2, 0.25) is 0 Å². The first-order valence-electron chi connectivity index (χ1n) is 6.97. The molecule has 1 aliphatic heterocycles. The molecule has 1 heterocycles. The van der Waals surface area contributed by atoms with E-state index < -0.39 is 22.2 Å². The second kappa shape index (κ2) is 5.49. The second-order valence-corrected chi connectivity index (χ2v) is 7.28. The van der Waals surface area contributed by atoms with Gasteiger partial charge in [0.15, 0.2) is 0 Å². The van der Waals surface area contributed by atoms with Gasteiger partial charge in [0.05, 0.1) is 18.4 Å². The van der Waals surface area contributed by atoms with Crippen LogP contribution in [0.4, 0.5) is 0 Å². The zero-order valence-electron chi connectivity index (χ0n) is 12.0. The minimum atomic E-state index is -3.62. The van der Waals surface area contributed by atoms with Crippen molar-refractivity contribution >= 4 is 16.1 Å². The van der Waals surface area contributed by atoms with Crippen molar-refractivity contribution in [2.45, 2.75) is 31.2 Å². The van der Waals surface area contributed by atoms with E-state index >= 15 is 0 Å². The van der Waals surface area contributed by atoms with Gasteiger partial charge in [-0.1, -0.05) is 36.4 Å². The summed E-state index contributed by atoms with van der Waals surface area (Å²) in [4.78, 5) is 13.3. The van der Waals surface area contributed by atoms with Gasteiger partial charge >= 0.3 is 5.97 Å². The normalized spacial score (nSPS) is 30.3. The van der Waals surface area contributed by atoms with Gasteiger partial charge in [-0.25, -0.2) is 4.79 Å². The van der Waals surface area contributed by atoms with Gasteiger partial charge in [0, 0.05) is 24.6 Å². The largest absolute Gasteiger partial charge is 0.478 e. The van der Waals surface area contributed by atoms with Crippen LogP contribution in [0.5, 0.6) is 0 Å². The number of fused-ring (bicyclic) bond motifs is 1. The lowest BCUT2D eigenvalue weighted by Gasteiger charge is -2.18. The number of rotatable bonds is 5. The van der Waals surface area contributed by atoms with Crippen LogP contribution in [0.3, 0.4) is 0 Å². The maximum atomic E-state index is 11.4. The van der Waals surface area contributed by atoms with Crippen LogP contribution in [-0.4, -0.2) is 48.8 Å². The van der Waals surface area contributed by atoms with Gasteiger partial charge in [-0.2, -0.15) is 8.42 Å². The summed E-state index contributed by atoms with van der Waals surface area (Å²) >= 11 is 0. The number of hydrogen-bond donors (Lipinski definition) is 1. The fourth-order valence-corrected chi connectivity index (χ4v) is 3.67. The Kier molecular flexibility index (Phi) is 3.80. The third kappa shape index (κ3) is 3.21. The van der Waals surface area contributed by atoms with E-state index in [2.05, 4.69) is 4.90 Å². The number of carboxylic acid groups (broad SMARTS) is 1. The highest BCUT2D eigenvalue weighted by atomic mass is 32.2. The van der Waals surface area contributed by atoms with E-state index in [0.717, 1.165) is 11.8 Å². The van der Waals surface area contributed by atoms with Crippen molar-refractivity contribution in [1.82, 2.24) is 4.90 Å². The van der Waals surface area contributed by atoms with Gasteiger partial charge < -0.3 is 5.11 Å². The minimum absolute atomic E-state index is 0.0770. The van der Waals surface area contributed by atoms with Crippen LogP contribution >= 0.6 is 0 Å². The van der Waals surface area contributed by atoms with Crippen LogP contribution in [-0.2, 0) is 25.6 Å². The Labute approximate surface area is 129 Å². The summed E-state index contributed by atoms with van der Waals surface area (Å²) in [7, 11) is -3.62. The molecule has 22 heavy (non-hydrogen) atoms. The van der Waals surface area contributed by atoms with E-state index in [1.165, 1.54) is 0 Å². The van der Waals surface area contributed by atoms with E-state index in [-0.39, 0.29) is 24.1 Å². The van der Waals surface area contributed by atoms with Crippen molar-refractivity contribution in [3.8, 4) is 0 Å². The molecule has 118 valence electrons. The minimum Gasteiger partial charge on any atom is -0.478 e. The van der Waals surface area contributed by atoms with Gasteiger partial charge in [-0.05, 0) is 5.56 Å². The lowest BCUT2D eigenvalue weighted by atomic mass is 9.97. The molecular weight excluding hydrogens is 306 g/mol. The third-order valence-corrected chi connectivity index (χ3v) is 4.58. The van der Waals surface area contributed by atoms with E-state index in [4.69, 9.17) is 4.18 Å². The highest BCUT2D eigenvalue weighted by Gasteiger charge is 2.55. The number of carbonyl (C=O) groups is 1. The van der Waals surface area contributed by atoms with Crippen molar-refractivity contribution < 1.29 is 22.5 Å². The Morgan fingerprint density at radius 2 is 2.05 bits per heavy atom. The standard InChI is InChI=1S/C15H17NO5S/c1-22(19,20)21-13-8-11(15(17)18)7-12-14(13)16(12)9-10-5-3-2-4-6-10/h2-7,12-14H,8-9H2,1H3,(H,17,18)/t12?,13-,14?,16?/m0/s1. The summed E-state index contributed by atoms with van der Waals surface area (Å²) in [5.41, 5.74) is 1.31. The molecule has 3 rings (SSSR count). The first kappa shape index (κ1) is 15.2. The fourth-order valence-electron chi connectivity index (χ4n) is 3.04. The number of nitrogens with zero attached hydrogens (tertiary/aromatic N) is 1. The van der Waals surface area contributed by atoms with Crippen molar-refractivity contribution in [3.05, 3.63) is 47.5 Å². The van der Waals surface area contributed by atoms with Crippen molar-refractivity contribution in [2.75, 3.05) is 6.26 Å². The van der Waals surface area contributed by atoms with E-state index in [1.807, 2.05) is 30.3 Å². The highest BCUT2D eigenvalue weighted by Crippen LogP contribution is 2.42. The van der Waals surface area contributed by atoms with E-state index in [0.29, 0.717) is 6.54 Å². The molecule has 1 aromatic carbocycles. The summed E-state index contributed by atoms with van der Waals surface area (Å²) < 4.78 is 27.9. The molecule has 1 N–H and O–H groups in total. The Bertz CT molecular complexity index is 713. The Morgan fingerprint density at radius 3 is 2.64 bits per heavy atom. The van der Waals surface area contributed by atoms with Crippen molar-refractivity contribution in [3.63, 3.8) is 0 Å². The summed E-state index contributed by atoms with van der Waals surface area (Å²) in [6.45, 7) is 0.642. The van der Waals surface area contributed by atoms with Crippen LogP contribution in [0.1, 0.15) is 12.0 Å². The van der Waals surface area contributed by atoms with Gasteiger partial charge in [0.1, 0.15) is 0 Å². The molecule has 1 aromatic rings. The topological polar surface area (TPSA) is 83.7 Å². The summed E-state index contributed by atoms with van der Waals surface area (Å²) in [6.07, 6.45) is 2.16. The fraction of sp³-hybridized carbons (Fsp3) is 0.400. The summed E-state index contributed by atoms with van der Waals surface area (Å²) in [5, 5.41) is 9.17. The molecule has 0 radical (unpaired) electrons. The highest BCUT2D eigenvalue weighted by molar-refractivity contribution is 7.86. The quantitative estimate of drug-likeness (QED) is 0.643. The van der Waals surface area contributed by atoms with Gasteiger partial charge in [-0.15, -0.1) is 0 Å². The smallest absolute Gasteiger partial charge is 0.331 e. The summed E-state index contributed by atoms with van der Waals surface area (Å²) in [5.74, 6) is -1.02. The monoisotopic (exact) mass is 323 g/mol. The maximum Gasteiger partial charge on any atom is 0.331 e. The zero-order chi connectivity index (χ0) is 15.9. The number of benzene rings is 1. The SMILES string of the molecule is CS(=O)(=O)O[C@H]1CC(C(=O)O)=CC2C1N2Cc1ccccc1.